The number of nitrogens with one attached hydrogen (secondary N) is 2. The first-order valence-corrected chi connectivity index (χ1v) is 11.8. The Hall–Kier alpha value is -4.16. The first kappa shape index (κ1) is 22.6. The van der Waals surface area contributed by atoms with Gasteiger partial charge in [0, 0.05) is 34.5 Å². The van der Waals surface area contributed by atoms with Crippen LogP contribution in [0.25, 0.3) is 28.0 Å². The van der Waals surface area contributed by atoms with E-state index in [1.54, 1.807) is 6.20 Å². The van der Waals surface area contributed by atoms with E-state index >= 15 is 0 Å². The summed E-state index contributed by atoms with van der Waals surface area (Å²) in [5.41, 5.74) is 5.60. The van der Waals surface area contributed by atoms with Crippen LogP contribution in [-0.2, 0) is 11.3 Å². The van der Waals surface area contributed by atoms with E-state index < -0.39 is 0 Å². The third-order valence-corrected chi connectivity index (χ3v) is 6.35. The number of benzene rings is 3. The Kier molecular flexibility index (Phi) is 6.21. The third-order valence-electron chi connectivity index (χ3n) is 5.98. The number of halogens is 1. The summed E-state index contributed by atoms with van der Waals surface area (Å²) < 4.78 is 3.77. The molecule has 0 aliphatic heterocycles. The third kappa shape index (κ3) is 4.36. The summed E-state index contributed by atoms with van der Waals surface area (Å²) in [4.78, 5) is 16.7. The number of carbonyl (C=O) groups is 1. The number of nitrogens with zero attached hydrogens (tertiary/aromatic N) is 3. The minimum atomic E-state index is -0.0391. The van der Waals surface area contributed by atoms with Crippen molar-refractivity contribution in [3.8, 4) is 16.9 Å². The minimum absolute atomic E-state index is 0.0391. The summed E-state index contributed by atoms with van der Waals surface area (Å²) in [6, 6.07) is 27.1. The quantitative estimate of drug-likeness (QED) is 0.311. The van der Waals surface area contributed by atoms with Gasteiger partial charge in [0.2, 0.25) is 11.5 Å². The fourth-order valence-corrected chi connectivity index (χ4v) is 4.37. The van der Waals surface area contributed by atoms with Gasteiger partial charge in [-0.1, -0.05) is 67.1 Å². The lowest BCUT2D eigenvalue weighted by atomic mass is 10.1. The molecule has 6 nitrogen and oxygen atoms in total. The number of aromatic nitrogens is 3. The van der Waals surface area contributed by atoms with E-state index in [4.69, 9.17) is 22.0 Å². The van der Waals surface area contributed by atoms with Crippen LogP contribution in [0.5, 0.6) is 0 Å². The molecule has 0 saturated heterocycles. The van der Waals surface area contributed by atoms with Crippen molar-refractivity contribution in [2.24, 2.45) is 0 Å². The summed E-state index contributed by atoms with van der Waals surface area (Å²) in [5.74, 6) is 0.602. The highest BCUT2D eigenvalue weighted by atomic mass is 35.5. The molecular weight excluding hydrogens is 458 g/mol. The number of rotatable bonds is 6. The summed E-state index contributed by atoms with van der Waals surface area (Å²) in [5, 5.41) is 12.6. The van der Waals surface area contributed by atoms with Crippen LogP contribution in [0, 0.1) is 5.41 Å². The lowest BCUT2D eigenvalue weighted by Crippen LogP contribution is -2.24. The number of pyridine rings is 1. The van der Waals surface area contributed by atoms with Crippen molar-refractivity contribution in [3.05, 3.63) is 107 Å². The maximum absolute atomic E-state index is 12.0. The van der Waals surface area contributed by atoms with Gasteiger partial charge in [0.05, 0.1) is 17.6 Å². The van der Waals surface area contributed by atoms with Crippen LogP contribution < -0.4 is 10.9 Å². The normalized spacial score (nSPS) is 11.0. The molecule has 0 aliphatic carbocycles. The Balaban J connectivity index is 1.57. The van der Waals surface area contributed by atoms with Crippen LogP contribution >= 0.6 is 11.6 Å². The van der Waals surface area contributed by atoms with Gasteiger partial charge in [-0.05, 0) is 42.0 Å². The molecule has 35 heavy (non-hydrogen) atoms. The molecule has 0 aliphatic rings. The molecule has 3 aromatic carbocycles. The molecule has 0 saturated carbocycles. The van der Waals surface area contributed by atoms with Crippen molar-refractivity contribution in [2.45, 2.75) is 19.9 Å². The van der Waals surface area contributed by atoms with Gasteiger partial charge >= 0.3 is 0 Å². The summed E-state index contributed by atoms with van der Waals surface area (Å²) in [7, 11) is 0. The van der Waals surface area contributed by atoms with Gasteiger partial charge in [-0.25, -0.2) is 4.98 Å². The number of amides is 1. The molecule has 2 N–H and O–H groups in total. The molecule has 0 fully saturated rings. The second-order valence-electron chi connectivity index (χ2n) is 8.18. The van der Waals surface area contributed by atoms with Crippen LogP contribution in [0.15, 0.2) is 91.1 Å². The van der Waals surface area contributed by atoms with Crippen LogP contribution in [0.3, 0.4) is 0 Å². The summed E-state index contributed by atoms with van der Waals surface area (Å²) in [6.07, 6.45) is 2.19. The number of para-hydroxylation sites is 3. The van der Waals surface area contributed by atoms with Crippen molar-refractivity contribution < 1.29 is 4.79 Å². The Morgan fingerprint density at radius 2 is 1.66 bits per heavy atom. The molecule has 7 heteroatoms. The number of imidazole rings is 1. The van der Waals surface area contributed by atoms with Crippen molar-refractivity contribution in [3.63, 3.8) is 0 Å². The number of hydrogen-bond acceptors (Lipinski definition) is 3. The Bertz CT molecular complexity index is 1580. The fourth-order valence-electron chi connectivity index (χ4n) is 4.18. The molecule has 0 radical (unpaired) electrons. The number of carbonyl (C=O) groups excluding carboxylic acids is 1. The van der Waals surface area contributed by atoms with E-state index in [1.807, 2.05) is 101 Å². The van der Waals surface area contributed by atoms with Crippen molar-refractivity contribution in [1.29, 1.82) is 5.41 Å². The van der Waals surface area contributed by atoms with E-state index in [0.29, 0.717) is 29.4 Å². The Labute approximate surface area is 208 Å². The molecule has 0 bridgehead atoms. The van der Waals surface area contributed by atoms with Gasteiger partial charge < -0.3 is 9.88 Å². The summed E-state index contributed by atoms with van der Waals surface area (Å²) in [6.45, 7) is 2.31. The van der Waals surface area contributed by atoms with Crippen molar-refractivity contribution >= 4 is 34.2 Å². The molecule has 1 amide bonds. The average Bonchev–Trinajstić information content (AvgIpc) is 3.17. The van der Waals surface area contributed by atoms with Crippen LogP contribution in [-0.4, -0.2) is 20.0 Å². The second kappa shape index (κ2) is 9.60. The highest BCUT2D eigenvalue weighted by Crippen LogP contribution is 2.28. The van der Waals surface area contributed by atoms with Crippen LogP contribution in [0.1, 0.15) is 18.9 Å². The maximum Gasteiger partial charge on any atom is 0.224 e. The molecule has 0 unspecified atom stereocenters. The average molecular weight is 482 g/mol. The highest BCUT2D eigenvalue weighted by Gasteiger charge is 2.15. The number of anilines is 1. The first-order valence-electron chi connectivity index (χ1n) is 11.4. The fraction of sp³-hybridized carbons (Fsp3) is 0.107. The first-order chi connectivity index (χ1) is 17.1. The van der Waals surface area contributed by atoms with Gasteiger partial charge in [-0.15, -0.1) is 0 Å². The molecule has 5 aromatic rings. The van der Waals surface area contributed by atoms with Gasteiger partial charge in [-0.2, -0.15) is 0 Å². The molecule has 2 heterocycles. The zero-order valence-corrected chi connectivity index (χ0v) is 20.0. The van der Waals surface area contributed by atoms with Gasteiger partial charge in [0.15, 0.2) is 0 Å². The number of fused-ring (bicyclic) bond motifs is 1. The SMILES string of the molecule is CCC(=O)Nc1ccccc1-c1ccc(-n2c(=N)n(Cc3ccccc3Cl)c3ccccc32)nc1. The zero-order chi connectivity index (χ0) is 24.4. The maximum atomic E-state index is 12.0. The molecule has 5 rings (SSSR count). The predicted molar refractivity (Wildman–Crippen MR) is 140 cm³/mol. The van der Waals surface area contributed by atoms with Crippen molar-refractivity contribution in [2.75, 3.05) is 5.32 Å². The molecular formula is C28H24ClN5O. The van der Waals surface area contributed by atoms with Gasteiger partial charge in [-0.3, -0.25) is 14.8 Å². The molecule has 174 valence electrons. The lowest BCUT2D eigenvalue weighted by molar-refractivity contribution is -0.115. The molecule has 2 aromatic heterocycles. The van der Waals surface area contributed by atoms with E-state index in [2.05, 4.69) is 5.32 Å². The molecule has 0 atom stereocenters. The Morgan fingerprint density at radius 3 is 2.40 bits per heavy atom. The largest absolute Gasteiger partial charge is 0.326 e. The monoisotopic (exact) mass is 481 g/mol. The van der Waals surface area contributed by atoms with Crippen LogP contribution in [0.4, 0.5) is 5.69 Å². The van der Waals surface area contributed by atoms with Crippen molar-refractivity contribution in [1.82, 2.24) is 14.1 Å². The van der Waals surface area contributed by atoms with E-state index in [-0.39, 0.29) is 5.91 Å². The minimum Gasteiger partial charge on any atom is -0.326 e. The Morgan fingerprint density at radius 1 is 0.943 bits per heavy atom. The lowest BCUT2D eigenvalue weighted by Gasteiger charge is -2.11. The van der Waals surface area contributed by atoms with E-state index in [1.165, 1.54) is 0 Å². The molecule has 0 spiro atoms. The summed E-state index contributed by atoms with van der Waals surface area (Å²) >= 11 is 6.41. The zero-order valence-electron chi connectivity index (χ0n) is 19.2. The standard InChI is InChI=1S/C28H24ClN5O/c1-2-27(35)32-23-12-6-4-10-21(23)19-15-16-26(31-17-19)34-25-14-8-7-13-24(25)33(28(34)30)18-20-9-3-5-11-22(20)29/h3-17,30H,2,18H2,1H3,(H,32,35). The smallest absolute Gasteiger partial charge is 0.224 e. The second-order valence-corrected chi connectivity index (χ2v) is 8.58. The van der Waals surface area contributed by atoms with E-state index in [9.17, 15) is 4.79 Å². The van der Waals surface area contributed by atoms with Crippen LogP contribution in [0.2, 0.25) is 5.02 Å². The predicted octanol–water partition coefficient (Wildman–Crippen LogP) is 6.02. The topological polar surface area (TPSA) is 75.7 Å². The van der Waals surface area contributed by atoms with E-state index in [0.717, 1.165) is 33.4 Å². The highest BCUT2D eigenvalue weighted by molar-refractivity contribution is 6.31. The number of hydrogen-bond donors (Lipinski definition) is 2. The van der Waals surface area contributed by atoms with Gasteiger partial charge in [0.25, 0.3) is 0 Å². The van der Waals surface area contributed by atoms with Gasteiger partial charge in [0.1, 0.15) is 5.82 Å².